The lowest BCUT2D eigenvalue weighted by Gasteiger charge is -2.17. The molecule has 0 saturated carbocycles. The van der Waals surface area contributed by atoms with Crippen LogP contribution in [0.25, 0.3) is 0 Å². The van der Waals surface area contributed by atoms with E-state index in [0.717, 1.165) is 16.7 Å². The van der Waals surface area contributed by atoms with Gasteiger partial charge in [0.2, 0.25) is 0 Å². The van der Waals surface area contributed by atoms with Crippen LogP contribution in [-0.4, -0.2) is 16.2 Å². The first-order valence-corrected chi connectivity index (χ1v) is 7.03. The fraction of sp³-hybridized carbons (Fsp3) is 0.235. The van der Waals surface area contributed by atoms with Crippen molar-refractivity contribution in [1.82, 2.24) is 0 Å². The molecule has 21 heavy (non-hydrogen) atoms. The minimum absolute atomic E-state index is 0.0657. The summed E-state index contributed by atoms with van der Waals surface area (Å²) in [6.07, 6.45) is 0.200. The summed E-state index contributed by atoms with van der Waals surface area (Å²) in [6, 6.07) is 10.4. The molecule has 2 aromatic rings. The van der Waals surface area contributed by atoms with Crippen molar-refractivity contribution in [2.75, 3.05) is 0 Å². The van der Waals surface area contributed by atoms with Gasteiger partial charge >= 0.3 is 5.97 Å². The van der Waals surface area contributed by atoms with Crippen molar-refractivity contribution in [2.45, 2.75) is 26.2 Å². The first-order valence-electron chi connectivity index (χ1n) is 6.66. The molecule has 2 rings (SSSR count). The summed E-state index contributed by atoms with van der Waals surface area (Å²) < 4.78 is 0. The van der Waals surface area contributed by atoms with Crippen molar-refractivity contribution in [3.05, 3.63) is 63.7 Å². The summed E-state index contributed by atoms with van der Waals surface area (Å²) in [6.45, 7) is 3.82. The van der Waals surface area contributed by atoms with Gasteiger partial charge in [0.15, 0.2) is 0 Å². The highest BCUT2D eigenvalue weighted by Gasteiger charge is 2.23. The predicted molar refractivity (Wildman–Crippen MR) is 83.1 cm³/mol. The normalized spacial score (nSPS) is 12.1. The Labute approximate surface area is 128 Å². The smallest absolute Gasteiger partial charge is 0.311 e. The second-order valence-corrected chi connectivity index (χ2v) is 5.66. The molecule has 110 valence electrons. The number of carboxylic acids is 1. The van der Waals surface area contributed by atoms with Crippen LogP contribution in [0.2, 0.25) is 5.02 Å². The minimum atomic E-state index is -0.914. The third kappa shape index (κ3) is 3.56. The molecule has 0 aromatic heterocycles. The Morgan fingerprint density at radius 2 is 1.90 bits per heavy atom. The van der Waals surface area contributed by atoms with Gasteiger partial charge in [0, 0.05) is 5.02 Å². The Morgan fingerprint density at radius 3 is 2.57 bits per heavy atom. The topological polar surface area (TPSA) is 57.5 Å². The quantitative estimate of drug-likeness (QED) is 0.895. The van der Waals surface area contributed by atoms with E-state index >= 15 is 0 Å². The van der Waals surface area contributed by atoms with Crippen molar-refractivity contribution in [2.24, 2.45) is 0 Å². The predicted octanol–water partition coefficient (Wildman–Crippen LogP) is 4.07. The van der Waals surface area contributed by atoms with Gasteiger partial charge in [-0.1, -0.05) is 35.4 Å². The number of hydrogen-bond acceptors (Lipinski definition) is 2. The Hall–Kier alpha value is -2.00. The zero-order valence-corrected chi connectivity index (χ0v) is 12.7. The van der Waals surface area contributed by atoms with E-state index in [4.69, 9.17) is 11.6 Å². The highest BCUT2D eigenvalue weighted by atomic mass is 35.5. The van der Waals surface area contributed by atoms with E-state index in [1.807, 2.05) is 32.0 Å². The highest BCUT2D eigenvalue weighted by molar-refractivity contribution is 6.30. The van der Waals surface area contributed by atoms with Crippen molar-refractivity contribution in [3.8, 4) is 5.75 Å². The first kappa shape index (κ1) is 15.4. The summed E-state index contributed by atoms with van der Waals surface area (Å²) >= 11 is 5.92. The molecule has 0 spiro atoms. The Bertz CT molecular complexity index is 680. The van der Waals surface area contributed by atoms with Crippen molar-refractivity contribution >= 4 is 17.6 Å². The van der Waals surface area contributed by atoms with E-state index in [1.54, 1.807) is 12.1 Å². The molecular weight excluding hydrogens is 288 g/mol. The van der Waals surface area contributed by atoms with E-state index in [9.17, 15) is 15.0 Å². The molecule has 0 amide bonds. The van der Waals surface area contributed by atoms with Crippen LogP contribution in [0.4, 0.5) is 0 Å². The lowest BCUT2D eigenvalue weighted by Crippen LogP contribution is -2.16. The van der Waals surface area contributed by atoms with Gasteiger partial charge in [0.1, 0.15) is 5.75 Å². The maximum atomic E-state index is 11.6. The summed E-state index contributed by atoms with van der Waals surface area (Å²) in [5, 5.41) is 19.9. The standard InChI is InChI=1S/C17H17ClO3/c1-10-3-4-11(2)14(7-10)15(17(20)21)9-12-8-13(18)5-6-16(12)19/h3-8,15,19H,9H2,1-2H3,(H,20,21). The first-order chi connectivity index (χ1) is 9.88. The van der Waals surface area contributed by atoms with E-state index < -0.39 is 11.9 Å². The maximum Gasteiger partial charge on any atom is 0.311 e. The summed E-state index contributed by atoms with van der Waals surface area (Å²) in [4.78, 5) is 11.6. The van der Waals surface area contributed by atoms with E-state index in [-0.39, 0.29) is 12.2 Å². The third-order valence-electron chi connectivity index (χ3n) is 3.57. The molecule has 4 heteroatoms. The van der Waals surface area contributed by atoms with E-state index in [0.29, 0.717) is 10.6 Å². The molecule has 0 bridgehead atoms. The number of phenols is 1. The third-order valence-corrected chi connectivity index (χ3v) is 3.81. The molecule has 3 nitrogen and oxygen atoms in total. The number of carbonyl (C=O) groups is 1. The molecule has 0 heterocycles. The van der Waals surface area contributed by atoms with Crippen molar-refractivity contribution < 1.29 is 15.0 Å². The number of phenolic OH excluding ortho intramolecular Hbond substituents is 1. The molecule has 0 aliphatic heterocycles. The number of carboxylic acid groups (broad SMARTS) is 1. The average Bonchev–Trinajstić information content (AvgIpc) is 2.42. The molecule has 2 aromatic carbocycles. The largest absolute Gasteiger partial charge is 0.508 e. The monoisotopic (exact) mass is 304 g/mol. The Balaban J connectivity index is 2.42. The second kappa shape index (κ2) is 6.19. The van der Waals surface area contributed by atoms with Gasteiger partial charge in [-0.2, -0.15) is 0 Å². The molecule has 0 fully saturated rings. The van der Waals surface area contributed by atoms with Crippen LogP contribution in [0.3, 0.4) is 0 Å². The average molecular weight is 305 g/mol. The van der Waals surface area contributed by atoms with Crippen LogP contribution < -0.4 is 0 Å². The van der Waals surface area contributed by atoms with Gasteiger partial charge < -0.3 is 10.2 Å². The van der Waals surface area contributed by atoms with Crippen LogP contribution >= 0.6 is 11.6 Å². The SMILES string of the molecule is Cc1ccc(C)c(C(Cc2cc(Cl)ccc2O)C(=O)O)c1. The van der Waals surface area contributed by atoms with Crippen LogP contribution in [0.5, 0.6) is 5.75 Å². The molecule has 0 radical (unpaired) electrons. The van der Waals surface area contributed by atoms with Gasteiger partial charge in [0.25, 0.3) is 0 Å². The molecule has 0 saturated heterocycles. The second-order valence-electron chi connectivity index (χ2n) is 5.23. The number of aliphatic carboxylic acids is 1. The van der Waals surface area contributed by atoms with Crippen molar-refractivity contribution in [1.29, 1.82) is 0 Å². The molecule has 1 atom stereocenters. The molecular formula is C17H17ClO3. The maximum absolute atomic E-state index is 11.6. The van der Waals surface area contributed by atoms with Gasteiger partial charge in [-0.3, -0.25) is 4.79 Å². The Kier molecular flexibility index (Phi) is 4.53. The number of benzene rings is 2. The van der Waals surface area contributed by atoms with Crippen LogP contribution in [-0.2, 0) is 11.2 Å². The molecule has 1 unspecified atom stereocenters. The zero-order chi connectivity index (χ0) is 15.6. The molecule has 2 N–H and O–H groups in total. The van der Waals surface area contributed by atoms with Crippen molar-refractivity contribution in [3.63, 3.8) is 0 Å². The minimum Gasteiger partial charge on any atom is -0.508 e. The number of hydrogen-bond donors (Lipinski definition) is 2. The summed E-state index contributed by atoms with van der Waals surface area (Å²) in [5.74, 6) is -1.56. The summed E-state index contributed by atoms with van der Waals surface area (Å²) in [7, 11) is 0. The Morgan fingerprint density at radius 1 is 1.19 bits per heavy atom. The molecule has 0 aliphatic carbocycles. The van der Waals surface area contributed by atoms with E-state index in [2.05, 4.69) is 0 Å². The molecule has 0 aliphatic rings. The number of aromatic hydroxyl groups is 1. The van der Waals surface area contributed by atoms with Gasteiger partial charge in [-0.25, -0.2) is 0 Å². The number of rotatable bonds is 4. The van der Waals surface area contributed by atoms with Crippen LogP contribution in [0.15, 0.2) is 36.4 Å². The number of halogens is 1. The number of aryl methyl sites for hydroxylation is 2. The lowest BCUT2D eigenvalue weighted by atomic mass is 9.88. The van der Waals surface area contributed by atoms with Crippen LogP contribution in [0.1, 0.15) is 28.2 Å². The van der Waals surface area contributed by atoms with E-state index in [1.165, 1.54) is 6.07 Å². The van der Waals surface area contributed by atoms with Gasteiger partial charge in [-0.05, 0) is 55.2 Å². The lowest BCUT2D eigenvalue weighted by molar-refractivity contribution is -0.138. The van der Waals surface area contributed by atoms with Gasteiger partial charge in [0.05, 0.1) is 5.92 Å². The fourth-order valence-electron chi connectivity index (χ4n) is 2.40. The van der Waals surface area contributed by atoms with Crippen LogP contribution in [0, 0.1) is 13.8 Å². The highest BCUT2D eigenvalue weighted by Crippen LogP contribution is 2.30. The zero-order valence-electron chi connectivity index (χ0n) is 11.9. The summed E-state index contributed by atoms with van der Waals surface area (Å²) in [5.41, 5.74) is 3.24. The van der Waals surface area contributed by atoms with Gasteiger partial charge in [-0.15, -0.1) is 0 Å². The fourth-order valence-corrected chi connectivity index (χ4v) is 2.60.